The number of benzene rings is 1. The highest BCUT2D eigenvalue weighted by Gasteiger charge is 2.13. The zero-order valence-electron chi connectivity index (χ0n) is 13.2. The molecule has 1 aliphatic heterocycles. The summed E-state index contributed by atoms with van der Waals surface area (Å²) in [4.78, 5) is 18.3. The summed E-state index contributed by atoms with van der Waals surface area (Å²) in [5, 5.41) is 2.84. The van der Waals surface area contributed by atoms with Gasteiger partial charge in [-0.1, -0.05) is 6.07 Å². The van der Waals surface area contributed by atoms with E-state index in [4.69, 9.17) is 9.47 Å². The highest BCUT2D eigenvalue weighted by atomic mass is 16.6. The molecule has 0 fully saturated rings. The molecule has 2 heterocycles. The predicted octanol–water partition coefficient (Wildman–Crippen LogP) is 2.10. The Kier molecular flexibility index (Phi) is 4.32. The largest absolute Gasteiger partial charge is 0.486 e. The first-order valence-corrected chi connectivity index (χ1v) is 7.43. The van der Waals surface area contributed by atoms with Gasteiger partial charge in [0.1, 0.15) is 19.0 Å². The summed E-state index contributed by atoms with van der Waals surface area (Å²) in [7, 11) is 3.84. The first kappa shape index (κ1) is 15.1. The van der Waals surface area contributed by atoms with Crippen molar-refractivity contribution in [2.45, 2.75) is 6.42 Å². The number of hydrogen-bond donors (Lipinski definition) is 1. The molecule has 2 aromatic rings. The average Bonchev–Trinajstić information content (AvgIpc) is 2.55. The number of rotatable bonds is 4. The lowest BCUT2D eigenvalue weighted by Crippen LogP contribution is -2.17. The molecule has 0 saturated heterocycles. The number of amides is 1. The third-order valence-corrected chi connectivity index (χ3v) is 3.46. The Bertz CT molecular complexity index is 699. The topological polar surface area (TPSA) is 63.7 Å². The number of anilines is 2. The molecule has 6 heteroatoms. The lowest BCUT2D eigenvalue weighted by atomic mass is 10.1. The highest BCUT2D eigenvalue weighted by Crippen LogP contribution is 2.30. The van der Waals surface area contributed by atoms with Crippen LogP contribution in [0.5, 0.6) is 11.5 Å². The fourth-order valence-electron chi connectivity index (χ4n) is 2.31. The van der Waals surface area contributed by atoms with E-state index < -0.39 is 0 Å². The smallest absolute Gasteiger partial charge is 0.228 e. The van der Waals surface area contributed by atoms with Crippen molar-refractivity contribution < 1.29 is 14.3 Å². The number of ether oxygens (including phenoxy) is 2. The van der Waals surface area contributed by atoms with Crippen molar-refractivity contribution >= 4 is 17.4 Å². The van der Waals surface area contributed by atoms with E-state index in [2.05, 4.69) is 10.3 Å². The fraction of sp³-hybridized carbons (Fsp3) is 0.294. The molecule has 0 atom stereocenters. The number of nitrogens with zero attached hydrogens (tertiary/aromatic N) is 2. The van der Waals surface area contributed by atoms with E-state index >= 15 is 0 Å². The molecule has 1 aromatic carbocycles. The Hall–Kier alpha value is -2.76. The Morgan fingerprint density at radius 3 is 2.65 bits per heavy atom. The monoisotopic (exact) mass is 313 g/mol. The summed E-state index contributed by atoms with van der Waals surface area (Å²) in [6, 6.07) is 9.26. The van der Waals surface area contributed by atoms with Crippen molar-refractivity contribution in [1.82, 2.24) is 4.98 Å². The second-order valence-electron chi connectivity index (χ2n) is 5.50. The molecule has 23 heavy (non-hydrogen) atoms. The molecule has 6 nitrogen and oxygen atoms in total. The fourth-order valence-corrected chi connectivity index (χ4v) is 2.31. The van der Waals surface area contributed by atoms with Crippen molar-refractivity contribution in [3.05, 3.63) is 42.1 Å². The van der Waals surface area contributed by atoms with E-state index in [9.17, 15) is 4.79 Å². The SMILES string of the molecule is CN(C)c1ccc(NC(=O)Cc2ccc3c(c2)OCCO3)cn1. The zero-order chi connectivity index (χ0) is 16.2. The third-order valence-electron chi connectivity index (χ3n) is 3.46. The average molecular weight is 313 g/mol. The number of pyridine rings is 1. The van der Waals surface area contributed by atoms with Crippen molar-refractivity contribution in [2.24, 2.45) is 0 Å². The summed E-state index contributed by atoms with van der Waals surface area (Å²) in [5.74, 6) is 2.17. The normalized spacial score (nSPS) is 12.6. The quantitative estimate of drug-likeness (QED) is 0.936. The maximum absolute atomic E-state index is 12.1. The van der Waals surface area contributed by atoms with Crippen molar-refractivity contribution in [2.75, 3.05) is 37.5 Å². The van der Waals surface area contributed by atoms with Gasteiger partial charge in [0.15, 0.2) is 11.5 Å². The van der Waals surface area contributed by atoms with Crippen molar-refractivity contribution in [3.8, 4) is 11.5 Å². The van der Waals surface area contributed by atoms with Gasteiger partial charge in [0.25, 0.3) is 0 Å². The molecule has 0 unspecified atom stereocenters. The van der Waals surface area contributed by atoms with E-state index in [-0.39, 0.29) is 12.3 Å². The van der Waals surface area contributed by atoms with Gasteiger partial charge in [-0.05, 0) is 29.8 Å². The zero-order valence-corrected chi connectivity index (χ0v) is 13.2. The summed E-state index contributed by atoms with van der Waals surface area (Å²) < 4.78 is 11.0. The molecule has 1 aliphatic rings. The minimum atomic E-state index is -0.0962. The van der Waals surface area contributed by atoms with Gasteiger partial charge in [-0.15, -0.1) is 0 Å². The van der Waals surface area contributed by atoms with Crippen LogP contribution < -0.4 is 19.7 Å². The molecule has 0 saturated carbocycles. The maximum atomic E-state index is 12.1. The van der Waals surface area contributed by atoms with Gasteiger partial charge in [0.2, 0.25) is 5.91 Å². The van der Waals surface area contributed by atoms with Crippen LogP contribution in [0.25, 0.3) is 0 Å². The molecule has 1 N–H and O–H groups in total. The highest BCUT2D eigenvalue weighted by molar-refractivity contribution is 5.92. The van der Waals surface area contributed by atoms with E-state index in [1.54, 1.807) is 6.20 Å². The minimum Gasteiger partial charge on any atom is -0.486 e. The summed E-state index contributed by atoms with van der Waals surface area (Å²) in [6.45, 7) is 1.09. The number of nitrogens with one attached hydrogen (secondary N) is 1. The van der Waals surface area contributed by atoms with Gasteiger partial charge in [-0.2, -0.15) is 0 Å². The van der Waals surface area contributed by atoms with E-state index in [1.807, 2.05) is 49.3 Å². The van der Waals surface area contributed by atoms with Crippen LogP contribution in [0.15, 0.2) is 36.5 Å². The van der Waals surface area contributed by atoms with Crippen LogP contribution in [0.3, 0.4) is 0 Å². The lowest BCUT2D eigenvalue weighted by molar-refractivity contribution is -0.115. The van der Waals surface area contributed by atoms with E-state index in [0.717, 1.165) is 17.1 Å². The summed E-state index contributed by atoms with van der Waals surface area (Å²) in [5.41, 5.74) is 1.56. The standard InChI is InChI=1S/C17H19N3O3/c1-20(2)16-6-4-13(11-18-16)19-17(21)10-12-3-5-14-15(9-12)23-8-7-22-14/h3-6,9,11H,7-8,10H2,1-2H3,(H,19,21). The molecule has 0 radical (unpaired) electrons. The van der Waals surface area contributed by atoms with Gasteiger partial charge >= 0.3 is 0 Å². The maximum Gasteiger partial charge on any atom is 0.228 e. The van der Waals surface area contributed by atoms with Gasteiger partial charge in [0.05, 0.1) is 18.3 Å². The van der Waals surface area contributed by atoms with Crippen LogP contribution in [0.4, 0.5) is 11.5 Å². The Morgan fingerprint density at radius 2 is 1.96 bits per heavy atom. The first-order valence-electron chi connectivity index (χ1n) is 7.43. The van der Waals surface area contributed by atoms with Crippen molar-refractivity contribution in [3.63, 3.8) is 0 Å². The molecule has 0 bridgehead atoms. The van der Waals surface area contributed by atoms with Crippen LogP contribution in [-0.4, -0.2) is 38.2 Å². The Labute approximate surface area is 135 Å². The second kappa shape index (κ2) is 6.56. The number of fused-ring (bicyclic) bond motifs is 1. The van der Waals surface area contributed by atoms with Crippen molar-refractivity contribution in [1.29, 1.82) is 0 Å². The molecule has 0 spiro atoms. The Balaban J connectivity index is 1.63. The number of aromatic nitrogens is 1. The summed E-state index contributed by atoms with van der Waals surface area (Å²) >= 11 is 0. The van der Waals surface area contributed by atoms with Gasteiger partial charge in [-0.25, -0.2) is 4.98 Å². The van der Waals surface area contributed by atoms with Gasteiger partial charge in [0, 0.05) is 14.1 Å². The molecule has 120 valence electrons. The van der Waals surface area contributed by atoms with Crippen LogP contribution in [-0.2, 0) is 11.2 Å². The van der Waals surface area contributed by atoms with Crippen LogP contribution in [0, 0.1) is 0 Å². The Morgan fingerprint density at radius 1 is 1.17 bits per heavy atom. The van der Waals surface area contributed by atoms with E-state index in [1.165, 1.54) is 0 Å². The first-order chi connectivity index (χ1) is 11.1. The van der Waals surface area contributed by atoms with Crippen LogP contribution >= 0.6 is 0 Å². The molecular formula is C17H19N3O3. The van der Waals surface area contributed by atoms with E-state index in [0.29, 0.717) is 24.7 Å². The molecule has 0 aliphatic carbocycles. The summed E-state index contributed by atoms with van der Waals surface area (Å²) in [6.07, 6.45) is 1.92. The van der Waals surface area contributed by atoms with Crippen LogP contribution in [0.1, 0.15) is 5.56 Å². The second-order valence-corrected chi connectivity index (χ2v) is 5.50. The molecule has 1 amide bonds. The number of carbonyl (C=O) groups is 1. The number of carbonyl (C=O) groups excluding carboxylic acids is 1. The number of hydrogen-bond acceptors (Lipinski definition) is 5. The van der Waals surface area contributed by atoms with Crippen LogP contribution in [0.2, 0.25) is 0 Å². The minimum absolute atomic E-state index is 0.0962. The molecule has 3 rings (SSSR count). The molecule has 1 aromatic heterocycles. The van der Waals surface area contributed by atoms with Gasteiger partial charge in [-0.3, -0.25) is 4.79 Å². The molecular weight excluding hydrogens is 294 g/mol. The third kappa shape index (κ3) is 3.71. The predicted molar refractivity (Wildman–Crippen MR) is 88.3 cm³/mol. The van der Waals surface area contributed by atoms with Gasteiger partial charge < -0.3 is 19.7 Å². The lowest BCUT2D eigenvalue weighted by Gasteiger charge is -2.18.